The predicted molar refractivity (Wildman–Crippen MR) is 144 cm³/mol. The average Bonchev–Trinajstić information content (AvgIpc) is 2.83. The second-order valence-corrected chi connectivity index (χ2v) is 11.0. The van der Waals surface area contributed by atoms with Gasteiger partial charge in [-0.05, 0) is 32.6 Å². The molecule has 0 spiro atoms. The molecule has 0 radical (unpaired) electrons. The number of fused-ring (bicyclic) bond motifs is 1. The molecule has 2 aliphatic rings. The fourth-order valence-corrected chi connectivity index (χ4v) is 6.34. The van der Waals surface area contributed by atoms with E-state index in [9.17, 15) is 14.4 Å². The third kappa shape index (κ3) is 5.44. The number of hydrogen-bond donors (Lipinski definition) is 1. The lowest BCUT2D eigenvalue weighted by molar-refractivity contribution is 0.352. The number of aryl methyl sites for hydroxylation is 2. The zero-order valence-corrected chi connectivity index (χ0v) is 22.0. The first kappa shape index (κ1) is 25.8. The number of anilines is 1. The van der Waals surface area contributed by atoms with Crippen LogP contribution in [0.2, 0.25) is 0 Å². The number of pyridine rings is 1. The van der Waals surface area contributed by atoms with Crippen LogP contribution in [-0.4, -0.2) is 19.7 Å². The first-order valence-corrected chi connectivity index (χ1v) is 14.0. The van der Waals surface area contributed by atoms with E-state index in [1.165, 1.54) is 43.1 Å². The fraction of sp³-hybridized carbons (Fsp3) is 0.750. The normalized spacial score (nSPS) is 19.9. The lowest BCUT2D eigenvalue weighted by atomic mass is 9.96. The predicted octanol–water partition coefficient (Wildman–Crippen LogP) is 5.30. The maximum Gasteiger partial charge on any atom is 0.331 e. The fourth-order valence-electron chi connectivity index (χ4n) is 6.34. The number of nitrogens with one attached hydrogen (secondary N) is 1. The van der Waals surface area contributed by atoms with Crippen LogP contribution in [0.25, 0.3) is 10.9 Å². The minimum atomic E-state index is -0.297. The van der Waals surface area contributed by atoms with E-state index < -0.39 is 0 Å². The molecule has 2 aliphatic carbocycles. The van der Waals surface area contributed by atoms with Crippen LogP contribution in [0.5, 0.6) is 0 Å². The summed E-state index contributed by atoms with van der Waals surface area (Å²) in [5, 5.41) is 4.14. The van der Waals surface area contributed by atoms with Gasteiger partial charge in [-0.1, -0.05) is 77.0 Å². The van der Waals surface area contributed by atoms with Gasteiger partial charge >= 0.3 is 5.69 Å². The Kier molecular flexibility index (Phi) is 8.55. The van der Waals surface area contributed by atoms with Crippen LogP contribution < -0.4 is 22.1 Å². The van der Waals surface area contributed by atoms with E-state index in [2.05, 4.69) is 5.32 Å². The monoisotopic (exact) mass is 484 g/mol. The van der Waals surface area contributed by atoms with Crippen LogP contribution in [-0.2, 0) is 14.1 Å². The minimum absolute atomic E-state index is 0.0788. The number of nitrogens with zero attached hydrogens (tertiary/aromatic N) is 3. The van der Waals surface area contributed by atoms with Crippen LogP contribution in [0.3, 0.4) is 0 Å². The summed E-state index contributed by atoms with van der Waals surface area (Å²) >= 11 is 0. The molecule has 0 atom stereocenters. The van der Waals surface area contributed by atoms with Crippen molar-refractivity contribution >= 4 is 16.7 Å². The zero-order chi connectivity index (χ0) is 24.9. The molecule has 2 heterocycles. The summed E-state index contributed by atoms with van der Waals surface area (Å²) in [7, 11) is 3.46. The van der Waals surface area contributed by atoms with Gasteiger partial charge in [0.25, 0.3) is 11.1 Å². The molecule has 7 nitrogen and oxygen atoms in total. The molecule has 2 saturated carbocycles. The van der Waals surface area contributed by atoms with E-state index in [-0.39, 0.29) is 28.9 Å². The second-order valence-electron chi connectivity index (χ2n) is 11.0. The van der Waals surface area contributed by atoms with Crippen LogP contribution in [0.15, 0.2) is 14.4 Å². The Bertz CT molecular complexity index is 1190. The summed E-state index contributed by atoms with van der Waals surface area (Å²) in [5.74, 6) is 0.581. The molecule has 2 aromatic heterocycles. The largest absolute Gasteiger partial charge is 0.368 e. The highest BCUT2D eigenvalue weighted by molar-refractivity contribution is 5.91. The van der Waals surface area contributed by atoms with Gasteiger partial charge in [0.05, 0.1) is 5.52 Å². The molecule has 0 aromatic carbocycles. The summed E-state index contributed by atoms with van der Waals surface area (Å²) in [6.45, 7) is 1.73. The molecule has 1 N–H and O–H groups in total. The number of aromatic nitrogens is 3. The van der Waals surface area contributed by atoms with Crippen molar-refractivity contribution in [2.75, 3.05) is 5.32 Å². The summed E-state index contributed by atoms with van der Waals surface area (Å²) < 4.78 is 4.66. The van der Waals surface area contributed by atoms with Crippen molar-refractivity contribution in [2.24, 2.45) is 14.1 Å². The summed E-state index contributed by atoms with van der Waals surface area (Å²) in [4.78, 5) is 40.8. The van der Waals surface area contributed by atoms with Gasteiger partial charge in [0.15, 0.2) is 0 Å². The Morgan fingerprint density at radius 1 is 0.657 bits per heavy atom. The number of hydrogen-bond acceptors (Lipinski definition) is 4. The maximum absolute atomic E-state index is 14.1. The SMILES string of the molecule is Cc1c(=O)n(C)c(NC2CCCCCCCCC2)c2c(=O)n(C3CCCCCCC3)c(=O)n(C)c12. The lowest BCUT2D eigenvalue weighted by Gasteiger charge is -2.26. The first-order valence-electron chi connectivity index (χ1n) is 14.0. The van der Waals surface area contributed by atoms with Crippen molar-refractivity contribution in [3.05, 3.63) is 36.8 Å². The highest BCUT2D eigenvalue weighted by Gasteiger charge is 2.26. The topological polar surface area (TPSA) is 78.0 Å². The highest BCUT2D eigenvalue weighted by Crippen LogP contribution is 2.27. The molecule has 0 aliphatic heterocycles. The molecule has 35 heavy (non-hydrogen) atoms. The Morgan fingerprint density at radius 3 is 1.69 bits per heavy atom. The summed E-state index contributed by atoms with van der Waals surface area (Å²) in [5.41, 5.74) is 0.245. The Labute approximate surface area is 208 Å². The molecule has 0 bridgehead atoms. The Morgan fingerprint density at radius 2 is 1.14 bits per heavy atom. The molecule has 0 unspecified atom stereocenters. The second kappa shape index (κ2) is 11.6. The Hall–Kier alpha value is -2.31. The first-order chi connectivity index (χ1) is 16.9. The lowest BCUT2D eigenvalue weighted by Crippen LogP contribution is -2.43. The quantitative estimate of drug-likeness (QED) is 0.641. The molecular weight excluding hydrogens is 440 g/mol. The van der Waals surface area contributed by atoms with Gasteiger partial charge in [0.1, 0.15) is 11.2 Å². The standard InChI is InChI=1S/C28H44N4O3/c1-20-24-23(27(34)32(28(35)30(24)2)22-18-14-10-7-11-15-19-22)25(31(3)26(20)33)29-21-16-12-8-5-4-6-9-13-17-21/h21-22,29H,4-19H2,1-3H3. The highest BCUT2D eigenvalue weighted by atomic mass is 16.2. The molecule has 2 fully saturated rings. The summed E-state index contributed by atoms with van der Waals surface area (Å²) in [6, 6.07) is 0.140. The van der Waals surface area contributed by atoms with E-state index in [0.717, 1.165) is 64.2 Å². The molecule has 4 rings (SSSR count). The minimum Gasteiger partial charge on any atom is -0.368 e. The van der Waals surface area contributed by atoms with E-state index >= 15 is 0 Å². The van der Waals surface area contributed by atoms with E-state index in [4.69, 9.17) is 0 Å². The van der Waals surface area contributed by atoms with Gasteiger partial charge in [-0.15, -0.1) is 0 Å². The van der Waals surface area contributed by atoms with Crippen molar-refractivity contribution in [1.82, 2.24) is 13.7 Å². The molecule has 0 amide bonds. The van der Waals surface area contributed by atoms with Crippen LogP contribution in [0.1, 0.15) is 114 Å². The Balaban J connectivity index is 1.86. The van der Waals surface area contributed by atoms with E-state index in [0.29, 0.717) is 22.3 Å². The van der Waals surface area contributed by atoms with Crippen LogP contribution in [0, 0.1) is 6.92 Å². The van der Waals surface area contributed by atoms with Gasteiger partial charge in [-0.3, -0.25) is 23.3 Å². The van der Waals surface area contributed by atoms with Crippen molar-refractivity contribution in [3.63, 3.8) is 0 Å². The van der Waals surface area contributed by atoms with Crippen LogP contribution in [0.4, 0.5) is 5.82 Å². The van der Waals surface area contributed by atoms with Gasteiger partial charge in [-0.25, -0.2) is 4.79 Å². The van der Waals surface area contributed by atoms with Crippen molar-refractivity contribution in [1.29, 1.82) is 0 Å². The smallest absolute Gasteiger partial charge is 0.331 e. The van der Waals surface area contributed by atoms with Crippen molar-refractivity contribution < 1.29 is 0 Å². The molecule has 2 aromatic rings. The van der Waals surface area contributed by atoms with Gasteiger partial charge in [0, 0.05) is 31.7 Å². The molecule has 194 valence electrons. The third-order valence-corrected chi connectivity index (χ3v) is 8.44. The summed E-state index contributed by atoms with van der Waals surface area (Å²) in [6.07, 6.45) is 18.1. The molecule has 0 saturated heterocycles. The molecule has 7 heteroatoms. The van der Waals surface area contributed by atoms with Gasteiger partial charge in [0.2, 0.25) is 0 Å². The third-order valence-electron chi connectivity index (χ3n) is 8.44. The van der Waals surface area contributed by atoms with Crippen LogP contribution >= 0.6 is 0 Å². The van der Waals surface area contributed by atoms with Gasteiger partial charge in [-0.2, -0.15) is 0 Å². The van der Waals surface area contributed by atoms with E-state index in [1.807, 2.05) is 0 Å². The van der Waals surface area contributed by atoms with E-state index in [1.54, 1.807) is 30.2 Å². The number of rotatable bonds is 3. The molecular formula is C28H44N4O3. The van der Waals surface area contributed by atoms with Crippen molar-refractivity contribution in [2.45, 2.75) is 122 Å². The van der Waals surface area contributed by atoms with Gasteiger partial charge < -0.3 is 5.32 Å². The average molecular weight is 485 g/mol. The maximum atomic E-state index is 14.1. The van der Waals surface area contributed by atoms with Crippen molar-refractivity contribution in [3.8, 4) is 0 Å². The zero-order valence-electron chi connectivity index (χ0n) is 22.0.